The molecule has 10 heteroatoms. The normalized spacial score (nSPS) is 20.1. The van der Waals surface area contributed by atoms with Crippen LogP contribution in [0.25, 0.3) is 10.2 Å². The predicted molar refractivity (Wildman–Crippen MR) is 141 cm³/mol. The summed E-state index contributed by atoms with van der Waals surface area (Å²) in [4.78, 5) is 20.6. The van der Waals surface area contributed by atoms with Crippen molar-refractivity contribution in [1.29, 1.82) is 0 Å². The number of hydrogen-bond donors (Lipinski definition) is 0. The summed E-state index contributed by atoms with van der Waals surface area (Å²) >= 11 is 2.78. The molecular formula is C25H31N3O4S3. The zero-order valence-corrected chi connectivity index (χ0v) is 22.5. The van der Waals surface area contributed by atoms with Gasteiger partial charge in [0.2, 0.25) is 5.91 Å². The first kappa shape index (κ1) is 24.8. The fourth-order valence-corrected chi connectivity index (χ4v) is 8.52. The van der Waals surface area contributed by atoms with E-state index in [1.807, 2.05) is 4.90 Å². The Labute approximate surface area is 214 Å². The van der Waals surface area contributed by atoms with E-state index in [0.717, 1.165) is 29.7 Å². The molecule has 0 aliphatic carbocycles. The van der Waals surface area contributed by atoms with Gasteiger partial charge in [-0.3, -0.25) is 9.69 Å². The van der Waals surface area contributed by atoms with Gasteiger partial charge in [-0.05, 0) is 54.7 Å². The van der Waals surface area contributed by atoms with Crippen LogP contribution in [0.1, 0.15) is 51.0 Å². The van der Waals surface area contributed by atoms with Crippen LogP contribution in [-0.2, 0) is 19.6 Å². The Hall–Kier alpha value is -1.85. The number of rotatable bonds is 7. The molecule has 7 nitrogen and oxygen atoms in total. The quantitative estimate of drug-likeness (QED) is 0.422. The summed E-state index contributed by atoms with van der Waals surface area (Å²) in [5, 5.41) is 2.48. The van der Waals surface area contributed by atoms with Crippen molar-refractivity contribution in [2.45, 2.75) is 55.8 Å². The number of carbonyl (C=O) groups excluding carboxylic acids is 1. The van der Waals surface area contributed by atoms with Gasteiger partial charge in [0.05, 0.1) is 22.9 Å². The van der Waals surface area contributed by atoms with Gasteiger partial charge in [0, 0.05) is 25.6 Å². The highest BCUT2D eigenvalue weighted by atomic mass is 32.2. The number of thiophene rings is 1. The molecule has 188 valence electrons. The van der Waals surface area contributed by atoms with E-state index in [2.05, 4.69) is 32.0 Å². The van der Waals surface area contributed by atoms with E-state index in [1.54, 1.807) is 28.8 Å². The first-order valence-corrected chi connectivity index (χ1v) is 15.3. The molecule has 1 unspecified atom stereocenters. The number of para-hydroxylation sites is 1. The van der Waals surface area contributed by atoms with Crippen LogP contribution < -0.4 is 4.90 Å². The number of fused-ring (bicyclic) bond motifs is 1. The van der Waals surface area contributed by atoms with Gasteiger partial charge < -0.3 is 4.74 Å². The van der Waals surface area contributed by atoms with Crippen molar-refractivity contribution in [3.05, 3.63) is 41.3 Å². The second-order valence-corrected chi connectivity index (χ2v) is 13.7. The van der Waals surface area contributed by atoms with Crippen molar-refractivity contribution >= 4 is 54.0 Å². The number of nitrogens with zero attached hydrogens (tertiary/aromatic N) is 3. The van der Waals surface area contributed by atoms with Crippen LogP contribution in [0.15, 0.2) is 39.9 Å². The number of hydrogen-bond acceptors (Lipinski definition) is 7. The Morgan fingerprint density at radius 3 is 2.66 bits per heavy atom. The highest BCUT2D eigenvalue weighted by molar-refractivity contribution is 7.91. The average Bonchev–Trinajstić information content (AvgIpc) is 3.63. The van der Waals surface area contributed by atoms with Crippen molar-refractivity contribution < 1.29 is 17.9 Å². The summed E-state index contributed by atoms with van der Waals surface area (Å²) in [7, 11) is -3.49. The molecule has 0 spiro atoms. The van der Waals surface area contributed by atoms with Gasteiger partial charge in [-0.15, -0.1) is 11.3 Å². The monoisotopic (exact) mass is 533 g/mol. The van der Waals surface area contributed by atoms with E-state index in [0.29, 0.717) is 47.7 Å². The van der Waals surface area contributed by atoms with E-state index in [4.69, 9.17) is 9.72 Å². The molecule has 2 saturated heterocycles. The highest BCUT2D eigenvalue weighted by Crippen LogP contribution is 2.36. The molecule has 0 N–H and O–H groups in total. The Bertz CT molecular complexity index is 1270. The van der Waals surface area contributed by atoms with Gasteiger partial charge in [-0.1, -0.05) is 43.4 Å². The van der Waals surface area contributed by atoms with E-state index in [9.17, 15) is 13.2 Å². The molecule has 35 heavy (non-hydrogen) atoms. The Morgan fingerprint density at radius 1 is 1.20 bits per heavy atom. The molecule has 1 amide bonds. The number of amides is 1. The Kier molecular flexibility index (Phi) is 7.28. The maximum atomic E-state index is 13.8. The third-order valence-corrected chi connectivity index (χ3v) is 11.2. The van der Waals surface area contributed by atoms with Crippen LogP contribution in [0.3, 0.4) is 0 Å². The molecule has 5 rings (SSSR count). The number of ether oxygens (including phenoxy) is 1. The van der Waals surface area contributed by atoms with Gasteiger partial charge in [0.25, 0.3) is 10.0 Å². The van der Waals surface area contributed by atoms with E-state index >= 15 is 0 Å². The molecule has 2 fully saturated rings. The van der Waals surface area contributed by atoms with Crippen LogP contribution in [0.2, 0.25) is 0 Å². The smallest absolute Gasteiger partial charge is 0.252 e. The van der Waals surface area contributed by atoms with Crippen LogP contribution in [0, 0.1) is 5.92 Å². The number of sulfonamides is 1. The average molecular weight is 534 g/mol. The molecule has 2 aliphatic heterocycles. The molecule has 0 saturated carbocycles. The van der Waals surface area contributed by atoms with E-state index in [1.165, 1.54) is 21.2 Å². The SMILES string of the molecule is CC(C)c1cccc2sc(N(CC3CCCO3)C(=O)C3CCN(S(=O)(=O)c4cccs4)CC3)nc12. The summed E-state index contributed by atoms with van der Waals surface area (Å²) < 4.78 is 34.7. The van der Waals surface area contributed by atoms with Gasteiger partial charge in [0.15, 0.2) is 5.13 Å². The summed E-state index contributed by atoms with van der Waals surface area (Å²) in [6.45, 7) is 6.22. The fraction of sp³-hybridized carbons (Fsp3) is 0.520. The predicted octanol–water partition coefficient (Wildman–Crippen LogP) is 5.09. The Balaban J connectivity index is 1.37. The molecule has 2 aromatic heterocycles. The van der Waals surface area contributed by atoms with Crippen molar-refractivity contribution in [3.8, 4) is 0 Å². The first-order chi connectivity index (χ1) is 16.8. The van der Waals surface area contributed by atoms with Crippen LogP contribution in [0.5, 0.6) is 0 Å². The lowest BCUT2D eigenvalue weighted by molar-refractivity contribution is -0.123. The first-order valence-electron chi connectivity index (χ1n) is 12.2. The van der Waals surface area contributed by atoms with Gasteiger partial charge >= 0.3 is 0 Å². The van der Waals surface area contributed by atoms with E-state index in [-0.39, 0.29) is 17.9 Å². The molecule has 2 aliphatic rings. The number of thiazole rings is 1. The summed E-state index contributed by atoms with van der Waals surface area (Å²) in [5.74, 6) is 0.132. The zero-order valence-electron chi connectivity index (χ0n) is 20.1. The van der Waals surface area contributed by atoms with Crippen molar-refractivity contribution in [3.63, 3.8) is 0 Å². The highest BCUT2D eigenvalue weighted by Gasteiger charge is 2.36. The van der Waals surface area contributed by atoms with Gasteiger partial charge in [-0.2, -0.15) is 4.31 Å². The lowest BCUT2D eigenvalue weighted by atomic mass is 9.96. The largest absolute Gasteiger partial charge is 0.376 e. The molecule has 3 aromatic rings. The number of benzene rings is 1. The molecule has 4 heterocycles. The zero-order chi connectivity index (χ0) is 24.6. The van der Waals surface area contributed by atoms with Crippen molar-refractivity contribution in [2.24, 2.45) is 5.92 Å². The minimum absolute atomic E-state index is 0.00910. The van der Waals surface area contributed by atoms with Crippen molar-refractivity contribution in [1.82, 2.24) is 9.29 Å². The fourth-order valence-electron chi connectivity index (χ4n) is 4.89. The van der Waals surface area contributed by atoms with Gasteiger partial charge in [0.1, 0.15) is 4.21 Å². The molecule has 0 bridgehead atoms. The van der Waals surface area contributed by atoms with Crippen LogP contribution in [0.4, 0.5) is 5.13 Å². The second kappa shape index (κ2) is 10.3. The van der Waals surface area contributed by atoms with E-state index < -0.39 is 10.0 Å². The summed E-state index contributed by atoms with van der Waals surface area (Å²) in [5.41, 5.74) is 2.14. The second-order valence-electron chi connectivity index (χ2n) is 9.54. The minimum Gasteiger partial charge on any atom is -0.376 e. The number of carbonyl (C=O) groups is 1. The lowest BCUT2D eigenvalue weighted by Gasteiger charge is -2.33. The third kappa shape index (κ3) is 5.04. The van der Waals surface area contributed by atoms with Crippen molar-refractivity contribution in [2.75, 3.05) is 31.1 Å². The maximum Gasteiger partial charge on any atom is 0.252 e. The molecular weight excluding hydrogens is 502 g/mol. The minimum atomic E-state index is -3.49. The third-order valence-electron chi connectivity index (χ3n) is 6.86. The summed E-state index contributed by atoms with van der Waals surface area (Å²) in [6.07, 6.45) is 2.96. The standard InChI is InChI=1S/C25H31N3O4S3/c1-17(2)20-7-3-8-21-23(20)26-25(34-21)28(16-19-6-4-14-32-19)24(29)18-10-12-27(13-11-18)35(30,31)22-9-5-15-33-22/h3,5,7-9,15,17-19H,4,6,10-14,16H2,1-2H3. The molecule has 1 atom stereocenters. The van der Waals surface area contributed by atoms with Crippen LogP contribution in [-0.4, -0.2) is 56.0 Å². The number of piperidine rings is 1. The number of aromatic nitrogens is 1. The lowest BCUT2D eigenvalue weighted by Crippen LogP contribution is -2.46. The molecule has 0 radical (unpaired) electrons. The Morgan fingerprint density at radius 2 is 2.00 bits per heavy atom. The number of anilines is 1. The maximum absolute atomic E-state index is 13.8. The molecule has 1 aromatic carbocycles. The van der Waals surface area contributed by atoms with Crippen LogP contribution >= 0.6 is 22.7 Å². The summed E-state index contributed by atoms with van der Waals surface area (Å²) in [6, 6.07) is 9.60. The topological polar surface area (TPSA) is 79.8 Å². The van der Waals surface area contributed by atoms with Gasteiger partial charge in [-0.25, -0.2) is 13.4 Å².